The Hall–Kier alpha value is -2.73. The zero-order valence-corrected chi connectivity index (χ0v) is 13.4. The molecule has 0 amide bonds. The van der Waals surface area contributed by atoms with Gasteiger partial charge < -0.3 is 20.9 Å². The Bertz CT molecular complexity index is 711. The van der Waals surface area contributed by atoms with E-state index in [1.165, 1.54) is 0 Å². The van der Waals surface area contributed by atoms with Crippen LogP contribution in [0.25, 0.3) is 0 Å². The predicted octanol–water partition coefficient (Wildman–Crippen LogP) is 0.616. The van der Waals surface area contributed by atoms with Crippen molar-refractivity contribution in [2.45, 2.75) is 6.61 Å². The number of rotatable bonds is 6. The van der Waals surface area contributed by atoms with Crippen LogP contribution < -0.4 is 26.0 Å². The first kappa shape index (κ1) is 16.6. The molecule has 0 saturated carbocycles. The van der Waals surface area contributed by atoms with Crippen LogP contribution >= 0.6 is 11.6 Å². The van der Waals surface area contributed by atoms with E-state index in [0.29, 0.717) is 23.1 Å². The molecule has 0 atom stereocenters. The average Bonchev–Trinajstić information content (AvgIpc) is 2.54. The molecule has 0 saturated heterocycles. The molecule has 0 aliphatic rings. The zero-order valence-electron chi connectivity index (χ0n) is 12.6. The molecule has 0 aromatic heterocycles. The third-order valence-corrected chi connectivity index (χ3v) is 3.17. The van der Waals surface area contributed by atoms with Crippen molar-refractivity contribution < 1.29 is 14.6 Å². The Labute approximate surface area is 139 Å². The maximum atomic E-state index is 5.86. The van der Waals surface area contributed by atoms with Crippen LogP contribution in [0.1, 0.15) is 11.1 Å². The summed E-state index contributed by atoms with van der Waals surface area (Å²) in [4.78, 5) is 0. The minimum Gasteiger partial charge on any atom is -0.493 e. The normalized spacial score (nSPS) is 10.5. The number of nitrogens with zero attached hydrogens (tertiary/aromatic N) is 1. The van der Waals surface area contributed by atoms with Gasteiger partial charge in [0.25, 0.3) is 5.96 Å². The first-order valence-corrected chi connectivity index (χ1v) is 7.19. The standard InChI is InChI=1S/C16H17ClN4O2/c1-22-15-8-12(9-20-21-16(18)19)4-7-14(15)23-10-11-2-5-13(17)6-3-11/h2-9H,10H2,1H3,(H4,18,19,21)/p+1/b20-9+. The van der Waals surface area contributed by atoms with E-state index < -0.39 is 0 Å². The van der Waals surface area contributed by atoms with E-state index in [9.17, 15) is 0 Å². The molecule has 0 radical (unpaired) electrons. The van der Waals surface area contributed by atoms with Crippen LogP contribution in [-0.4, -0.2) is 19.3 Å². The number of nitrogens with two attached hydrogens (primary N) is 2. The number of guanidine groups is 1. The second-order valence-electron chi connectivity index (χ2n) is 4.64. The SMILES string of the molecule is COc1cc(/C=[NH+]/N=C(N)N)ccc1OCc1ccc(Cl)cc1. The number of hydrogen-bond acceptors (Lipinski definition) is 3. The van der Waals surface area contributed by atoms with Gasteiger partial charge in [0.1, 0.15) is 6.61 Å². The highest BCUT2D eigenvalue weighted by atomic mass is 35.5. The van der Waals surface area contributed by atoms with Gasteiger partial charge in [-0.3, -0.25) is 0 Å². The molecule has 120 valence electrons. The maximum absolute atomic E-state index is 5.86. The third kappa shape index (κ3) is 5.19. The van der Waals surface area contributed by atoms with Crippen molar-refractivity contribution >= 4 is 23.8 Å². The van der Waals surface area contributed by atoms with Crippen LogP contribution in [0.15, 0.2) is 47.6 Å². The summed E-state index contributed by atoms with van der Waals surface area (Å²) in [5.41, 5.74) is 12.3. The van der Waals surface area contributed by atoms with Crippen LogP contribution in [0.3, 0.4) is 0 Å². The van der Waals surface area contributed by atoms with Gasteiger partial charge in [-0.05, 0) is 35.9 Å². The van der Waals surface area contributed by atoms with E-state index in [1.54, 1.807) is 13.3 Å². The van der Waals surface area contributed by atoms with E-state index in [2.05, 4.69) is 10.2 Å². The molecule has 0 aliphatic carbocycles. The first-order valence-electron chi connectivity index (χ1n) is 6.81. The van der Waals surface area contributed by atoms with Crippen molar-refractivity contribution in [1.29, 1.82) is 0 Å². The number of nitrogens with one attached hydrogen (secondary N) is 1. The third-order valence-electron chi connectivity index (χ3n) is 2.92. The number of benzene rings is 2. The van der Waals surface area contributed by atoms with Gasteiger partial charge >= 0.3 is 0 Å². The summed E-state index contributed by atoms with van der Waals surface area (Å²) >= 11 is 5.86. The Morgan fingerprint density at radius 1 is 1.17 bits per heavy atom. The van der Waals surface area contributed by atoms with E-state index >= 15 is 0 Å². The lowest BCUT2D eigenvalue weighted by molar-refractivity contribution is -0.456. The lowest BCUT2D eigenvalue weighted by Crippen LogP contribution is -2.63. The van der Waals surface area contributed by atoms with E-state index in [1.807, 2.05) is 42.5 Å². The largest absolute Gasteiger partial charge is 0.493 e. The molecule has 2 aromatic carbocycles. The number of halogens is 1. The fourth-order valence-electron chi connectivity index (χ4n) is 1.82. The van der Waals surface area contributed by atoms with Crippen molar-refractivity contribution in [2.24, 2.45) is 16.6 Å². The highest BCUT2D eigenvalue weighted by molar-refractivity contribution is 6.30. The van der Waals surface area contributed by atoms with Gasteiger partial charge in [-0.25, -0.2) is 0 Å². The minimum absolute atomic E-state index is 0.0452. The molecule has 5 N–H and O–H groups in total. The summed E-state index contributed by atoms with van der Waals surface area (Å²) in [6.45, 7) is 0.419. The molecule has 0 bridgehead atoms. The number of hydrazone groups is 1. The molecule has 2 aromatic rings. The first-order chi connectivity index (χ1) is 11.1. The summed E-state index contributed by atoms with van der Waals surface area (Å²) in [6.07, 6.45) is 1.64. The molecule has 0 fully saturated rings. The summed E-state index contributed by atoms with van der Waals surface area (Å²) in [5.74, 6) is 1.21. The lowest BCUT2D eigenvalue weighted by Gasteiger charge is -2.11. The van der Waals surface area contributed by atoms with E-state index in [0.717, 1.165) is 11.1 Å². The van der Waals surface area contributed by atoms with Crippen molar-refractivity contribution in [2.75, 3.05) is 7.11 Å². The van der Waals surface area contributed by atoms with E-state index in [4.69, 9.17) is 32.5 Å². The van der Waals surface area contributed by atoms with Gasteiger partial charge in [0.2, 0.25) is 6.21 Å². The summed E-state index contributed by atoms with van der Waals surface area (Å²) in [6, 6.07) is 13.0. The second-order valence-corrected chi connectivity index (χ2v) is 5.07. The van der Waals surface area contributed by atoms with Crippen molar-refractivity contribution in [3.05, 3.63) is 58.6 Å². The molecule has 0 heterocycles. The van der Waals surface area contributed by atoms with Crippen molar-refractivity contribution in [3.63, 3.8) is 0 Å². The smallest absolute Gasteiger partial charge is 0.256 e. The molecule has 0 aliphatic heterocycles. The Morgan fingerprint density at radius 3 is 2.57 bits per heavy atom. The monoisotopic (exact) mass is 333 g/mol. The van der Waals surface area contributed by atoms with Crippen LogP contribution in [0.4, 0.5) is 0 Å². The predicted molar refractivity (Wildman–Crippen MR) is 90.7 cm³/mol. The Balaban J connectivity index is 2.08. The quantitative estimate of drug-likeness (QED) is 0.410. The molecule has 2 rings (SSSR count). The summed E-state index contributed by atoms with van der Waals surface area (Å²) < 4.78 is 11.1. The lowest BCUT2D eigenvalue weighted by atomic mass is 10.2. The van der Waals surface area contributed by atoms with Gasteiger partial charge in [-0.15, -0.1) is 5.10 Å². The topological polar surface area (TPSA) is 96.8 Å². The van der Waals surface area contributed by atoms with Gasteiger partial charge in [0.15, 0.2) is 11.5 Å². The summed E-state index contributed by atoms with van der Waals surface area (Å²) in [7, 11) is 1.58. The number of ether oxygens (including phenoxy) is 2. The molecule has 23 heavy (non-hydrogen) atoms. The molecule has 7 heteroatoms. The zero-order chi connectivity index (χ0) is 16.7. The molecule has 0 spiro atoms. The Kier molecular flexibility index (Phi) is 5.82. The maximum Gasteiger partial charge on any atom is 0.256 e. The van der Waals surface area contributed by atoms with Crippen LogP contribution in [0.2, 0.25) is 5.02 Å². The number of methoxy groups -OCH3 is 1. The average molecular weight is 334 g/mol. The molecular formula is C16H18ClN4O2+. The fourth-order valence-corrected chi connectivity index (χ4v) is 1.94. The van der Waals surface area contributed by atoms with Crippen LogP contribution in [0.5, 0.6) is 11.5 Å². The number of hydrogen-bond donors (Lipinski definition) is 3. The van der Waals surface area contributed by atoms with Gasteiger partial charge in [-0.1, -0.05) is 23.7 Å². The van der Waals surface area contributed by atoms with Crippen molar-refractivity contribution in [1.82, 2.24) is 0 Å². The molecule has 6 nitrogen and oxygen atoms in total. The van der Waals surface area contributed by atoms with Crippen molar-refractivity contribution in [3.8, 4) is 11.5 Å². The highest BCUT2D eigenvalue weighted by Crippen LogP contribution is 2.28. The molecular weight excluding hydrogens is 316 g/mol. The molecule has 0 unspecified atom stereocenters. The Morgan fingerprint density at radius 2 is 1.91 bits per heavy atom. The second kappa shape index (κ2) is 8.05. The van der Waals surface area contributed by atoms with E-state index in [-0.39, 0.29) is 5.96 Å². The van der Waals surface area contributed by atoms with Crippen LogP contribution in [-0.2, 0) is 6.61 Å². The highest BCUT2D eigenvalue weighted by Gasteiger charge is 2.06. The van der Waals surface area contributed by atoms with Gasteiger partial charge in [-0.2, -0.15) is 0 Å². The summed E-state index contributed by atoms with van der Waals surface area (Å²) in [5, 5.41) is 7.00. The van der Waals surface area contributed by atoms with Gasteiger partial charge in [0.05, 0.1) is 7.11 Å². The minimum atomic E-state index is -0.0452. The van der Waals surface area contributed by atoms with Crippen LogP contribution in [0, 0.1) is 0 Å². The fraction of sp³-hybridized carbons (Fsp3) is 0.125. The van der Waals surface area contributed by atoms with Gasteiger partial charge in [0, 0.05) is 15.7 Å².